The molecule has 1 aliphatic heterocycles. The molecule has 1 fully saturated rings. The molecule has 0 unspecified atom stereocenters. The zero-order valence-corrected chi connectivity index (χ0v) is 24.8. The molecule has 7 rings (SSSR count). The molecule has 2 N–H and O–H groups in total. The highest BCUT2D eigenvalue weighted by Gasteiger charge is 2.19. The van der Waals surface area contributed by atoms with Gasteiger partial charge in [-0.15, -0.1) is 0 Å². The summed E-state index contributed by atoms with van der Waals surface area (Å²) in [5.41, 5.74) is 10.0. The van der Waals surface area contributed by atoms with Crippen molar-refractivity contribution in [3.63, 3.8) is 0 Å². The standard InChI is InChI=1S/C36H32N6O2/c1-22-28(7-5-9-30(22)36-41-32-17-24(21-43)15-27(18-37)34(32)44-36)29-8-6-10-31(23(29)2)40-35-33-26(11-12-38-35)16-25(19-39-33)20-42-13-3-4-14-42/h5-12,15-17,19,43H,3-4,13-14,20-21H2,1-2H3,(H,38,40). The minimum Gasteiger partial charge on any atom is -0.435 e. The van der Waals surface area contributed by atoms with E-state index in [0.29, 0.717) is 28.1 Å². The Morgan fingerprint density at radius 1 is 0.932 bits per heavy atom. The van der Waals surface area contributed by atoms with Crippen molar-refractivity contribution < 1.29 is 9.52 Å². The van der Waals surface area contributed by atoms with Crippen LogP contribution in [-0.2, 0) is 13.2 Å². The molecular weight excluding hydrogens is 548 g/mol. The lowest BCUT2D eigenvalue weighted by Gasteiger charge is -2.17. The molecule has 0 amide bonds. The van der Waals surface area contributed by atoms with Gasteiger partial charge in [-0.05, 0) is 110 Å². The number of benzene rings is 3. The van der Waals surface area contributed by atoms with Crippen LogP contribution in [0.5, 0.6) is 0 Å². The first-order valence-electron chi connectivity index (χ1n) is 14.9. The van der Waals surface area contributed by atoms with E-state index in [4.69, 9.17) is 14.4 Å². The molecule has 0 bridgehead atoms. The van der Waals surface area contributed by atoms with Crippen LogP contribution in [0.15, 0.2) is 77.5 Å². The third-order valence-electron chi connectivity index (χ3n) is 8.55. The number of likely N-dealkylation sites (tertiary alicyclic amines) is 1. The topological polar surface area (TPSA) is 111 Å². The van der Waals surface area contributed by atoms with E-state index in [-0.39, 0.29) is 6.61 Å². The Kier molecular flexibility index (Phi) is 7.26. The number of pyridine rings is 2. The van der Waals surface area contributed by atoms with Crippen LogP contribution in [0.4, 0.5) is 11.5 Å². The van der Waals surface area contributed by atoms with Crippen molar-refractivity contribution in [1.29, 1.82) is 5.26 Å². The molecule has 0 aliphatic carbocycles. The van der Waals surface area contributed by atoms with Gasteiger partial charge in [0.25, 0.3) is 0 Å². The summed E-state index contributed by atoms with van der Waals surface area (Å²) in [4.78, 5) is 16.7. The normalized spacial score (nSPS) is 13.5. The van der Waals surface area contributed by atoms with Crippen LogP contribution in [0, 0.1) is 25.2 Å². The van der Waals surface area contributed by atoms with Gasteiger partial charge in [-0.2, -0.15) is 5.26 Å². The number of rotatable bonds is 7. The number of oxazole rings is 1. The lowest BCUT2D eigenvalue weighted by atomic mass is 9.93. The van der Waals surface area contributed by atoms with Crippen molar-refractivity contribution in [3.8, 4) is 28.7 Å². The molecule has 44 heavy (non-hydrogen) atoms. The number of aliphatic hydroxyl groups is 1. The number of nitrogens with zero attached hydrogens (tertiary/aromatic N) is 5. The highest BCUT2D eigenvalue weighted by atomic mass is 16.3. The van der Waals surface area contributed by atoms with Crippen LogP contribution in [-0.4, -0.2) is 38.0 Å². The molecule has 0 radical (unpaired) electrons. The Morgan fingerprint density at radius 2 is 1.70 bits per heavy atom. The average Bonchev–Trinajstić information content (AvgIpc) is 3.72. The molecule has 1 saturated heterocycles. The molecule has 218 valence electrons. The lowest BCUT2D eigenvalue weighted by molar-refractivity contribution is 0.282. The number of nitrogens with one attached hydrogen (secondary N) is 1. The Morgan fingerprint density at radius 3 is 2.50 bits per heavy atom. The van der Waals surface area contributed by atoms with E-state index >= 15 is 0 Å². The van der Waals surface area contributed by atoms with Crippen molar-refractivity contribution in [2.24, 2.45) is 0 Å². The second-order valence-corrected chi connectivity index (χ2v) is 11.4. The van der Waals surface area contributed by atoms with Gasteiger partial charge in [-0.1, -0.05) is 24.3 Å². The van der Waals surface area contributed by atoms with Gasteiger partial charge in [0.2, 0.25) is 5.89 Å². The highest BCUT2D eigenvalue weighted by molar-refractivity contribution is 5.91. The van der Waals surface area contributed by atoms with Gasteiger partial charge < -0.3 is 14.8 Å². The Balaban J connectivity index is 1.22. The van der Waals surface area contributed by atoms with Gasteiger partial charge in [0.15, 0.2) is 11.4 Å². The van der Waals surface area contributed by atoms with Gasteiger partial charge in [0, 0.05) is 35.6 Å². The average molecular weight is 581 g/mol. The van der Waals surface area contributed by atoms with E-state index in [2.05, 4.69) is 59.4 Å². The van der Waals surface area contributed by atoms with E-state index in [9.17, 15) is 10.4 Å². The maximum atomic E-state index is 9.63. The van der Waals surface area contributed by atoms with Crippen LogP contribution < -0.4 is 5.32 Å². The molecule has 3 aromatic carbocycles. The molecule has 4 heterocycles. The van der Waals surface area contributed by atoms with Crippen LogP contribution in [0.1, 0.15) is 40.7 Å². The maximum absolute atomic E-state index is 9.63. The molecule has 0 saturated carbocycles. The summed E-state index contributed by atoms with van der Waals surface area (Å²) >= 11 is 0. The molecule has 0 atom stereocenters. The molecule has 6 aromatic rings. The van der Waals surface area contributed by atoms with Crippen molar-refractivity contribution in [1.82, 2.24) is 19.9 Å². The fourth-order valence-electron chi connectivity index (χ4n) is 6.21. The molecule has 8 heteroatoms. The number of nitriles is 1. The van der Waals surface area contributed by atoms with Gasteiger partial charge in [-0.25, -0.2) is 9.97 Å². The van der Waals surface area contributed by atoms with Gasteiger partial charge in [0.05, 0.1) is 12.2 Å². The minimum atomic E-state index is -0.172. The summed E-state index contributed by atoms with van der Waals surface area (Å²) in [5, 5.41) is 23.9. The van der Waals surface area contributed by atoms with Gasteiger partial charge >= 0.3 is 0 Å². The monoisotopic (exact) mass is 580 g/mol. The van der Waals surface area contributed by atoms with E-state index in [1.807, 2.05) is 36.7 Å². The van der Waals surface area contributed by atoms with Crippen LogP contribution >= 0.6 is 0 Å². The predicted octanol–water partition coefficient (Wildman–Crippen LogP) is 7.43. The lowest BCUT2D eigenvalue weighted by Crippen LogP contribution is -2.18. The molecule has 1 aliphatic rings. The highest BCUT2D eigenvalue weighted by Crippen LogP contribution is 2.37. The first kappa shape index (κ1) is 27.7. The van der Waals surface area contributed by atoms with Crippen LogP contribution in [0.3, 0.4) is 0 Å². The summed E-state index contributed by atoms with van der Waals surface area (Å²) in [7, 11) is 0. The van der Waals surface area contributed by atoms with Gasteiger partial charge in [-0.3, -0.25) is 9.88 Å². The third kappa shape index (κ3) is 5.06. The van der Waals surface area contributed by atoms with Crippen molar-refractivity contribution in [2.45, 2.75) is 39.8 Å². The fraction of sp³-hybridized carbons (Fsp3) is 0.222. The van der Waals surface area contributed by atoms with Crippen molar-refractivity contribution in [2.75, 3.05) is 18.4 Å². The quantitative estimate of drug-likeness (QED) is 0.201. The Labute approximate surface area is 255 Å². The zero-order chi connectivity index (χ0) is 30.2. The summed E-state index contributed by atoms with van der Waals surface area (Å²) in [6, 6.07) is 22.1. The molecule has 3 aromatic heterocycles. The number of aliphatic hydroxyl groups excluding tert-OH is 1. The number of fused-ring (bicyclic) bond motifs is 2. The smallest absolute Gasteiger partial charge is 0.227 e. The second-order valence-electron chi connectivity index (χ2n) is 11.4. The van der Waals surface area contributed by atoms with Crippen molar-refractivity contribution in [3.05, 3.63) is 101 Å². The summed E-state index contributed by atoms with van der Waals surface area (Å²) in [6.45, 7) is 7.23. The Bertz CT molecular complexity index is 2070. The first-order chi connectivity index (χ1) is 21.5. The second kappa shape index (κ2) is 11.5. The van der Waals surface area contributed by atoms with Crippen molar-refractivity contribution >= 4 is 33.5 Å². The summed E-state index contributed by atoms with van der Waals surface area (Å²) in [6.07, 6.45) is 6.35. The number of hydrogen-bond donors (Lipinski definition) is 2. The van der Waals surface area contributed by atoms with Crippen LogP contribution in [0.25, 0.3) is 44.6 Å². The third-order valence-corrected chi connectivity index (χ3v) is 8.55. The maximum Gasteiger partial charge on any atom is 0.227 e. The largest absolute Gasteiger partial charge is 0.435 e. The Hall–Kier alpha value is -5.10. The van der Waals surface area contributed by atoms with E-state index in [1.165, 1.54) is 18.4 Å². The van der Waals surface area contributed by atoms with Gasteiger partial charge in [0.1, 0.15) is 17.1 Å². The molecule has 0 spiro atoms. The summed E-state index contributed by atoms with van der Waals surface area (Å²) in [5.74, 6) is 1.16. The van der Waals surface area contributed by atoms with E-state index < -0.39 is 0 Å². The SMILES string of the molecule is Cc1c(Nc2nccc3cc(CN4CCCC4)cnc23)cccc1-c1cccc(-c2nc3cc(CO)cc(C#N)c3o2)c1C. The first-order valence-corrected chi connectivity index (χ1v) is 14.9. The van der Waals surface area contributed by atoms with E-state index in [1.54, 1.807) is 12.1 Å². The molecular formula is C36H32N6O2. The van der Waals surface area contributed by atoms with E-state index in [0.717, 1.165) is 69.9 Å². The number of aromatic nitrogens is 3. The number of hydrogen-bond acceptors (Lipinski definition) is 8. The predicted molar refractivity (Wildman–Crippen MR) is 172 cm³/mol. The fourth-order valence-corrected chi connectivity index (χ4v) is 6.21. The van der Waals surface area contributed by atoms with Crippen LogP contribution in [0.2, 0.25) is 0 Å². The molecule has 8 nitrogen and oxygen atoms in total. The summed E-state index contributed by atoms with van der Waals surface area (Å²) < 4.78 is 6.12. The minimum absolute atomic E-state index is 0.172. The zero-order valence-electron chi connectivity index (χ0n) is 24.8. The number of anilines is 2.